The van der Waals surface area contributed by atoms with Crippen LogP contribution in [0.2, 0.25) is 0 Å². The predicted molar refractivity (Wildman–Crippen MR) is 117 cm³/mol. The first-order chi connectivity index (χ1) is 15.0. The number of methoxy groups -OCH3 is 2. The summed E-state index contributed by atoms with van der Waals surface area (Å²) in [5.74, 6) is 0.530. The standard InChI is InChI=1S/C24H22N2O5/c1-16-5-4-6-18(13-16)23(27)26-25-15-17-7-10-20(11-8-17)31-24(28)19-9-12-21(29-2)22(14-19)30-3/h4-15H,1-3H3,(H,26,27). The van der Waals surface area contributed by atoms with E-state index in [0.717, 1.165) is 11.1 Å². The molecule has 0 saturated heterocycles. The zero-order valence-corrected chi connectivity index (χ0v) is 17.4. The number of hydrazone groups is 1. The number of amides is 1. The lowest BCUT2D eigenvalue weighted by atomic mass is 10.1. The average molecular weight is 418 g/mol. The number of ether oxygens (including phenoxy) is 3. The smallest absolute Gasteiger partial charge is 0.343 e. The number of carbonyl (C=O) groups is 2. The second-order valence-electron chi connectivity index (χ2n) is 6.60. The van der Waals surface area contributed by atoms with Gasteiger partial charge in [-0.3, -0.25) is 4.79 Å². The molecule has 0 saturated carbocycles. The quantitative estimate of drug-likeness (QED) is 0.271. The molecule has 7 nitrogen and oxygen atoms in total. The number of carbonyl (C=O) groups excluding carboxylic acids is 2. The summed E-state index contributed by atoms with van der Waals surface area (Å²) in [5, 5.41) is 3.96. The second kappa shape index (κ2) is 10.1. The van der Waals surface area contributed by atoms with Gasteiger partial charge in [-0.25, -0.2) is 10.2 Å². The number of rotatable bonds is 7. The van der Waals surface area contributed by atoms with Gasteiger partial charge >= 0.3 is 5.97 Å². The third kappa shape index (κ3) is 5.70. The largest absolute Gasteiger partial charge is 0.493 e. The van der Waals surface area contributed by atoms with E-state index in [1.54, 1.807) is 54.6 Å². The highest BCUT2D eigenvalue weighted by Gasteiger charge is 2.13. The first-order valence-corrected chi connectivity index (χ1v) is 9.44. The van der Waals surface area contributed by atoms with Crippen LogP contribution in [0.4, 0.5) is 0 Å². The van der Waals surface area contributed by atoms with Crippen LogP contribution in [-0.2, 0) is 0 Å². The van der Waals surface area contributed by atoms with Crippen LogP contribution < -0.4 is 19.6 Å². The molecule has 1 amide bonds. The summed E-state index contributed by atoms with van der Waals surface area (Å²) in [6.45, 7) is 1.92. The molecule has 31 heavy (non-hydrogen) atoms. The van der Waals surface area contributed by atoms with E-state index < -0.39 is 5.97 Å². The lowest BCUT2D eigenvalue weighted by molar-refractivity contribution is 0.0734. The molecule has 1 N–H and O–H groups in total. The van der Waals surface area contributed by atoms with Gasteiger partial charge in [-0.2, -0.15) is 5.10 Å². The van der Waals surface area contributed by atoms with Gasteiger partial charge in [-0.15, -0.1) is 0 Å². The van der Waals surface area contributed by atoms with Gasteiger partial charge in [0, 0.05) is 5.56 Å². The van der Waals surface area contributed by atoms with Gasteiger partial charge < -0.3 is 14.2 Å². The van der Waals surface area contributed by atoms with Crippen LogP contribution in [0.3, 0.4) is 0 Å². The first-order valence-electron chi connectivity index (χ1n) is 9.44. The summed E-state index contributed by atoms with van der Waals surface area (Å²) in [4.78, 5) is 24.5. The summed E-state index contributed by atoms with van der Waals surface area (Å²) in [5.41, 5.74) is 5.09. The molecule has 0 atom stereocenters. The SMILES string of the molecule is COc1ccc(C(=O)Oc2ccc(C=NNC(=O)c3cccc(C)c3)cc2)cc1OC. The van der Waals surface area contributed by atoms with E-state index >= 15 is 0 Å². The summed E-state index contributed by atoms with van der Waals surface area (Å²) in [6.07, 6.45) is 1.51. The molecule has 158 valence electrons. The Morgan fingerprint density at radius 3 is 2.29 bits per heavy atom. The zero-order valence-electron chi connectivity index (χ0n) is 17.4. The monoisotopic (exact) mass is 418 g/mol. The number of aryl methyl sites for hydroxylation is 1. The Balaban J connectivity index is 1.59. The van der Waals surface area contributed by atoms with Crippen LogP contribution >= 0.6 is 0 Å². The van der Waals surface area contributed by atoms with Crippen molar-refractivity contribution in [3.63, 3.8) is 0 Å². The number of nitrogens with one attached hydrogen (secondary N) is 1. The number of hydrogen-bond donors (Lipinski definition) is 1. The molecule has 3 aromatic rings. The van der Waals surface area contributed by atoms with E-state index in [-0.39, 0.29) is 5.91 Å². The highest BCUT2D eigenvalue weighted by atomic mass is 16.5. The molecule has 0 spiro atoms. The van der Waals surface area contributed by atoms with Crippen molar-refractivity contribution >= 4 is 18.1 Å². The third-order valence-electron chi connectivity index (χ3n) is 4.37. The molecule has 3 aromatic carbocycles. The maximum absolute atomic E-state index is 12.4. The van der Waals surface area contributed by atoms with Gasteiger partial charge in [0.05, 0.1) is 26.0 Å². The van der Waals surface area contributed by atoms with E-state index in [0.29, 0.717) is 28.4 Å². The van der Waals surface area contributed by atoms with Gasteiger partial charge in [0.15, 0.2) is 11.5 Å². The van der Waals surface area contributed by atoms with Crippen molar-refractivity contribution in [2.24, 2.45) is 5.10 Å². The Kier molecular flexibility index (Phi) is 7.01. The summed E-state index contributed by atoms with van der Waals surface area (Å²) < 4.78 is 15.8. The summed E-state index contributed by atoms with van der Waals surface area (Å²) >= 11 is 0. The second-order valence-corrected chi connectivity index (χ2v) is 6.60. The highest BCUT2D eigenvalue weighted by molar-refractivity contribution is 5.95. The van der Waals surface area contributed by atoms with Crippen molar-refractivity contribution in [1.29, 1.82) is 0 Å². The minimum Gasteiger partial charge on any atom is -0.493 e. The zero-order chi connectivity index (χ0) is 22.2. The number of benzene rings is 3. The van der Waals surface area contributed by atoms with Crippen molar-refractivity contribution < 1.29 is 23.8 Å². The van der Waals surface area contributed by atoms with Crippen LogP contribution in [0.5, 0.6) is 17.2 Å². The maximum Gasteiger partial charge on any atom is 0.343 e. The number of hydrogen-bond acceptors (Lipinski definition) is 6. The van der Waals surface area contributed by atoms with Crippen LogP contribution in [0.15, 0.2) is 71.8 Å². The minimum atomic E-state index is -0.521. The molecule has 3 rings (SSSR count). The maximum atomic E-state index is 12.4. The lowest BCUT2D eigenvalue weighted by Gasteiger charge is -2.09. The van der Waals surface area contributed by atoms with E-state index in [2.05, 4.69) is 10.5 Å². The van der Waals surface area contributed by atoms with E-state index in [4.69, 9.17) is 14.2 Å². The Morgan fingerprint density at radius 1 is 0.871 bits per heavy atom. The summed E-state index contributed by atoms with van der Waals surface area (Å²) in [6, 6.07) is 18.8. The van der Waals surface area contributed by atoms with Crippen molar-refractivity contribution in [3.8, 4) is 17.2 Å². The fourth-order valence-electron chi connectivity index (χ4n) is 2.77. The molecule has 0 aromatic heterocycles. The van der Waals surface area contributed by atoms with Gasteiger partial charge in [0.1, 0.15) is 5.75 Å². The van der Waals surface area contributed by atoms with Crippen LogP contribution in [-0.4, -0.2) is 32.3 Å². The molecular formula is C24H22N2O5. The molecule has 0 bridgehead atoms. The molecular weight excluding hydrogens is 396 g/mol. The minimum absolute atomic E-state index is 0.291. The predicted octanol–water partition coefficient (Wildman–Crippen LogP) is 4.00. The number of nitrogens with zero attached hydrogens (tertiary/aromatic N) is 1. The van der Waals surface area contributed by atoms with Gasteiger partial charge in [-0.1, -0.05) is 17.7 Å². The van der Waals surface area contributed by atoms with Crippen molar-refractivity contribution in [1.82, 2.24) is 5.43 Å². The number of esters is 1. The fourth-order valence-corrected chi connectivity index (χ4v) is 2.77. The Hall–Kier alpha value is -4.13. The van der Waals surface area contributed by atoms with Crippen molar-refractivity contribution in [3.05, 3.63) is 89.0 Å². The van der Waals surface area contributed by atoms with E-state index in [1.807, 2.05) is 19.1 Å². The topological polar surface area (TPSA) is 86.2 Å². The molecule has 0 unspecified atom stereocenters. The normalized spacial score (nSPS) is 10.5. The first kappa shape index (κ1) is 21.6. The molecule has 0 aliphatic carbocycles. The molecule has 0 aliphatic rings. The molecule has 0 fully saturated rings. The fraction of sp³-hybridized carbons (Fsp3) is 0.125. The van der Waals surface area contributed by atoms with Crippen molar-refractivity contribution in [2.75, 3.05) is 14.2 Å². The van der Waals surface area contributed by atoms with Crippen LogP contribution in [0.25, 0.3) is 0 Å². The van der Waals surface area contributed by atoms with Crippen LogP contribution in [0, 0.1) is 6.92 Å². The van der Waals surface area contributed by atoms with Gasteiger partial charge in [0.25, 0.3) is 5.91 Å². The van der Waals surface area contributed by atoms with Crippen LogP contribution in [0.1, 0.15) is 31.8 Å². The van der Waals surface area contributed by atoms with Gasteiger partial charge in [0.2, 0.25) is 0 Å². The Morgan fingerprint density at radius 2 is 1.61 bits per heavy atom. The van der Waals surface area contributed by atoms with Gasteiger partial charge in [-0.05, 0) is 67.1 Å². The van der Waals surface area contributed by atoms with Crippen molar-refractivity contribution in [2.45, 2.75) is 6.92 Å². The Bertz CT molecular complexity index is 1110. The molecule has 0 heterocycles. The third-order valence-corrected chi connectivity index (χ3v) is 4.37. The highest BCUT2D eigenvalue weighted by Crippen LogP contribution is 2.28. The van der Waals surface area contributed by atoms with E-state index in [1.165, 1.54) is 20.4 Å². The lowest BCUT2D eigenvalue weighted by Crippen LogP contribution is -2.17. The molecule has 0 radical (unpaired) electrons. The average Bonchev–Trinajstić information content (AvgIpc) is 2.79. The Labute approximate surface area is 180 Å². The molecule has 0 aliphatic heterocycles. The summed E-state index contributed by atoms with van der Waals surface area (Å²) in [7, 11) is 3.02. The van der Waals surface area contributed by atoms with E-state index in [9.17, 15) is 9.59 Å². The molecule has 7 heteroatoms.